The highest BCUT2D eigenvalue weighted by atomic mass is 16.3. The second-order valence-corrected chi connectivity index (χ2v) is 5.40. The standard InChI is InChI=1S/C13H19NO/c1-13(2,3)10-8-14-7-9-5-4-6-11(15)12(9)10/h4-6,10,14-15H,7-8H2,1-3H3. The fourth-order valence-corrected chi connectivity index (χ4v) is 2.35. The molecule has 2 N–H and O–H groups in total. The van der Waals surface area contributed by atoms with Crippen LogP contribution in [-0.2, 0) is 6.54 Å². The Morgan fingerprint density at radius 2 is 2.07 bits per heavy atom. The quantitative estimate of drug-likeness (QED) is 0.682. The molecule has 1 aliphatic rings. The van der Waals surface area contributed by atoms with Crippen molar-refractivity contribution in [1.29, 1.82) is 0 Å². The van der Waals surface area contributed by atoms with Gasteiger partial charge in [0.2, 0.25) is 0 Å². The van der Waals surface area contributed by atoms with E-state index in [1.165, 1.54) is 5.56 Å². The smallest absolute Gasteiger partial charge is 0.119 e. The van der Waals surface area contributed by atoms with Crippen molar-refractivity contribution in [2.24, 2.45) is 5.41 Å². The van der Waals surface area contributed by atoms with E-state index in [-0.39, 0.29) is 5.41 Å². The van der Waals surface area contributed by atoms with Crippen molar-refractivity contribution in [2.45, 2.75) is 33.2 Å². The van der Waals surface area contributed by atoms with Gasteiger partial charge in [0.25, 0.3) is 0 Å². The van der Waals surface area contributed by atoms with Crippen molar-refractivity contribution in [1.82, 2.24) is 5.32 Å². The van der Waals surface area contributed by atoms with Gasteiger partial charge in [0.15, 0.2) is 0 Å². The maximum atomic E-state index is 9.96. The molecule has 0 fully saturated rings. The van der Waals surface area contributed by atoms with E-state index in [1.807, 2.05) is 6.07 Å². The van der Waals surface area contributed by atoms with Gasteiger partial charge in [-0.15, -0.1) is 0 Å². The van der Waals surface area contributed by atoms with Gasteiger partial charge in [0.1, 0.15) is 5.75 Å². The van der Waals surface area contributed by atoms with Crippen LogP contribution in [0.2, 0.25) is 0 Å². The van der Waals surface area contributed by atoms with Crippen molar-refractivity contribution in [3.8, 4) is 5.75 Å². The zero-order valence-corrected chi connectivity index (χ0v) is 9.67. The van der Waals surface area contributed by atoms with Crippen LogP contribution >= 0.6 is 0 Å². The number of benzene rings is 1. The summed E-state index contributed by atoms with van der Waals surface area (Å²) in [5.74, 6) is 0.844. The first-order valence-corrected chi connectivity index (χ1v) is 5.51. The first-order chi connectivity index (χ1) is 7.00. The maximum Gasteiger partial charge on any atom is 0.119 e. The number of aromatic hydroxyl groups is 1. The summed E-state index contributed by atoms with van der Waals surface area (Å²) in [5.41, 5.74) is 2.56. The van der Waals surface area contributed by atoms with Crippen molar-refractivity contribution < 1.29 is 5.11 Å². The van der Waals surface area contributed by atoms with Gasteiger partial charge in [-0.3, -0.25) is 0 Å². The second kappa shape index (κ2) is 3.53. The van der Waals surface area contributed by atoms with Crippen LogP contribution in [0.3, 0.4) is 0 Å². The number of hydrogen-bond acceptors (Lipinski definition) is 2. The Kier molecular flexibility index (Phi) is 2.47. The molecule has 1 unspecified atom stereocenters. The van der Waals surface area contributed by atoms with E-state index >= 15 is 0 Å². The highest BCUT2D eigenvalue weighted by molar-refractivity contribution is 5.44. The van der Waals surface area contributed by atoms with Gasteiger partial charge in [-0.25, -0.2) is 0 Å². The number of rotatable bonds is 0. The molecule has 0 amide bonds. The predicted molar refractivity (Wildman–Crippen MR) is 62.0 cm³/mol. The van der Waals surface area contributed by atoms with Gasteiger partial charge in [0, 0.05) is 24.6 Å². The fourth-order valence-electron chi connectivity index (χ4n) is 2.35. The van der Waals surface area contributed by atoms with Crippen molar-refractivity contribution in [3.63, 3.8) is 0 Å². The van der Waals surface area contributed by atoms with E-state index in [0.29, 0.717) is 11.7 Å². The minimum atomic E-state index is 0.182. The summed E-state index contributed by atoms with van der Waals surface area (Å²) in [6, 6.07) is 5.81. The van der Waals surface area contributed by atoms with Crippen LogP contribution in [-0.4, -0.2) is 11.7 Å². The topological polar surface area (TPSA) is 32.3 Å². The average molecular weight is 205 g/mol. The molecule has 1 atom stereocenters. The molecule has 82 valence electrons. The molecule has 1 aromatic rings. The number of phenols is 1. The molecule has 1 aromatic carbocycles. The molecule has 0 saturated carbocycles. The molecule has 2 rings (SSSR count). The molecule has 2 nitrogen and oxygen atoms in total. The van der Waals surface area contributed by atoms with Gasteiger partial charge in [-0.05, 0) is 17.0 Å². The zero-order chi connectivity index (χ0) is 11.1. The normalized spacial score (nSPS) is 21.1. The van der Waals surface area contributed by atoms with Gasteiger partial charge in [0.05, 0.1) is 0 Å². The summed E-state index contributed by atoms with van der Waals surface area (Å²) >= 11 is 0. The van der Waals surface area contributed by atoms with Gasteiger partial charge >= 0.3 is 0 Å². The third-order valence-corrected chi connectivity index (χ3v) is 3.23. The summed E-state index contributed by atoms with van der Waals surface area (Å²) in [6.07, 6.45) is 0. The molecular formula is C13H19NO. The van der Waals surface area contributed by atoms with Crippen molar-refractivity contribution in [2.75, 3.05) is 6.54 Å². The molecule has 2 heteroatoms. The predicted octanol–water partition coefficient (Wildman–Crippen LogP) is 2.63. The van der Waals surface area contributed by atoms with Gasteiger partial charge < -0.3 is 10.4 Å². The van der Waals surface area contributed by atoms with Crippen LogP contribution in [0.5, 0.6) is 5.75 Å². The first kappa shape index (κ1) is 10.5. The Hall–Kier alpha value is -1.02. The first-order valence-electron chi connectivity index (χ1n) is 5.51. The Labute approximate surface area is 91.3 Å². The fraction of sp³-hybridized carbons (Fsp3) is 0.538. The minimum absolute atomic E-state index is 0.182. The lowest BCUT2D eigenvalue weighted by Gasteiger charge is -2.36. The maximum absolute atomic E-state index is 9.96. The van der Waals surface area contributed by atoms with Crippen LogP contribution in [0.1, 0.15) is 37.8 Å². The van der Waals surface area contributed by atoms with Crippen LogP contribution < -0.4 is 5.32 Å². The number of hydrogen-bond donors (Lipinski definition) is 2. The lowest BCUT2D eigenvalue weighted by molar-refractivity contribution is 0.287. The Morgan fingerprint density at radius 3 is 2.73 bits per heavy atom. The van der Waals surface area contributed by atoms with E-state index in [4.69, 9.17) is 0 Å². The van der Waals surface area contributed by atoms with Gasteiger partial charge in [-0.1, -0.05) is 32.9 Å². The van der Waals surface area contributed by atoms with Crippen molar-refractivity contribution >= 4 is 0 Å². The summed E-state index contributed by atoms with van der Waals surface area (Å²) in [6.45, 7) is 8.49. The molecule has 0 aliphatic carbocycles. The molecular weight excluding hydrogens is 186 g/mol. The lowest BCUT2D eigenvalue weighted by atomic mass is 9.73. The number of phenolic OH excluding ortho intramolecular Hbond substituents is 1. The highest BCUT2D eigenvalue weighted by Crippen LogP contribution is 2.42. The molecule has 0 saturated heterocycles. The zero-order valence-electron chi connectivity index (χ0n) is 9.67. The monoisotopic (exact) mass is 205 g/mol. The van der Waals surface area contributed by atoms with Crippen LogP contribution in [0, 0.1) is 5.41 Å². The highest BCUT2D eigenvalue weighted by Gasteiger charge is 2.32. The van der Waals surface area contributed by atoms with Crippen LogP contribution in [0.4, 0.5) is 0 Å². The summed E-state index contributed by atoms with van der Waals surface area (Å²) in [7, 11) is 0. The van der Waals surface area contributed by atoms with Crippen LogP contribution in [0.15, 0.2) is 18.2 Å². The third kappa shape index (κ3) is 1.86. The summed E-state index contributed by atoms with van der Waals surface area (Å²) in [5, 5.41) is 13.4. The minimum Gasteiger partial charge on any atom is -0.508 e. The molecule has 0 bridgehead atoms. The van der Waals surface area contributed by atoms with E-state index in [1.54, 1.807) is 6.07 Å². The summed E-state index contributed by atoms with van der Waals surface area (Å²) in [4.78, 5) is 0. The SMILES string of the molecule is CC(C)(C)C1CNCc2cccc(O)c21. The van der Waals surface area contributed by atoms with Crippen molar-refractivity contribution in [3.05, 3.63) is 29.3 Å². The van der Waals surface area contributed by atoms with Crippen LogP contribution in [0.25, 0.3) is 0 Å². The average Bonchev–Trinajstić information content (AvgIpc) is 2.16. The Balaban J connectivity index is 2.50. The Bertz CT molecular complexity index is 365. The molecule has 0 radical (unpaired) electrons. The van der Waals surface area contributed by atoms with E-state index in [9.17, 15) is 5.11 Å². The molecule has 0 aromatic heterocycles. The molecule has 1 heterocycles. The Morgan fingerprint density at radius 1 is 1.33 bits per heavy atom. The van der Waals surface area contributed by atoms with E-state index in [2.05, 4.69) is 32.2 Å². The van der Waals surface area contributed by atoms with E-state index < -0.39 is 0 Å². The largest absolute Gasteiger partial charge is 0.508 e. The molecule has 15 heavy (non-hydrogen) atoms. The molecule has 1 aliphatic heterocycles. The number of fused-ring (bicyclic) bond motifs is 1. The molecule has 0 spiro atoms. The lowest BCUT2D eigenvalue weighted by Crippen LogP contribution is -2.35. The summed E-state index contributed by atoms with van der Waals surface area (Å²) < 4.78 is 0. The second-order valence-electron chi connectivity index (χ2n) is 5.40. The van der Waals surface area contributed by atoms with Gasteiger partial charge in [-0.2, -0.15) is 0 Å². The number of nitrogens with one attached hydrogen (secondary N) is 1. The third-order valence-electron chi connectivity index (χ3n) is 3.23. The van der Waals surface area contributed by atoms with E-state index in [0.717, 1.165) is 18.7 Å².